The topological polar surface area (TPSA) is 15.3 Å². The number of piperidine rings is 1. The van der Waals surface area contributed by atoms with Crippen LogP contribution in [0.3, 0.4) is 0 Å². The van der Waals surface area contributed by atoms with Crippen LogP contribution in [0.1, 0.15) is 19.8 Å². The Kier molecular flexibility index (Phi) is 2.94. The standard InChI is InChI=1S/C7H15IN2/c1-7(9-2)3-5-10(8)6-4-7/h9H,3-6H2,1-2H3. The van der Waals surface area contributed by atoms with Crippen LogP contribution in [-0.2, 0) is 0 Å². The number of hydrogen-bond donors (Lipinski definition) is 1. The van der Waals surface area contributed by atoms with Gasteiger partial charge in [-0.15, -0.1) is 0 Å². The Hall–Kier alpha value is 0.650. The van der Waals surface area contributed by atoms with E-state index in [-0.39, 0.29) is 0 Å². The van der Waals surface area contributed by atoms with Crippen molar-refractivity contribution in [3.05, 3.63) is 0 Å². The molecule has 0 bridgehead atoms. The molecule has 0 radical (unpaired) electrons. The van der Waals surface area contributed by atoms with Gasteiger partial charge >= 0.3 is 0 Å². The lowest BCUT2D eigenvalue weighted by molar-refractivity contribution is 0.242. The number of rotatable bonds is 1. The van der Waals surface area contributed by atoms with Gasteiger partial charge in [0, 0.05) is 41.5 Å². The summed E-state index contributed by atoms with van der Waals surface area (Å²) in [6, 6.07) is 0. The van der Waals surface area contributed by atoms with Gasteiger partial charge in [0.15, 0.2) is 0 Å². The summed E-state index contributed by atoms with van der Waals surface area (Å²) in [5.74, 6) is 0. The summed E-state index contributed by atoms with van der Waals surface area (Å²) in [4.78, 5) is 0. The van der Waals surface area contributed by atoms with Crippen LogP contribution in [0.25, 0.3) is 0 Å². The molecule has 1 aliphatic rings. The minimum Gasteiger partial charge on any atom is -0.314 e. The van der Waals surface area contributed by atoms with Crippen molar-refractivity contribution in [2.45, 2.75) is 25.3 Å². The Morgan fingerprint density at radius 2 is 1.90 bits per heavy atom. The third-order valence-corrected chi connectivity index (χ3v) is 3.38. The number of nitrogens with zero attached hydrogens (tertiary/aromatic N) is 1. The zero-order valence-electron chi connectivity index (χ0n) is 6.65. The molecule has 10 heavy (non-hydrogen) atoms. The fourth-order valence-electron chi connectivity index (χ4n) is 1.22. The molecule has 0 atom stereocenters. The van der Waals surface area contributed by atoms with Crippen LogP contribution in [0.4, 0.5) is 0 Å². The Morgan fingerprint density at radius 3 is 2.30 bits per heavy atom. The molecule has 60 valence electrons. The van der Waals surface area contributed by atoms with Gasteiger partial charge in [0.05, 0.1) is 0 Å². The predicted octanol–water partition coefficient (Wildman–Crippen LogP) is 1.41. The Balaban J connectivity index is 2.38. The van der Waals surface area contributed by atoms with Crippen LogP contribution in [0.5, 0.6) is 0 Å². The van der Waals surface area contributed by atoms with Gasteiger partial charge in [-0.05, 0) is 26.8 Å². The average molecular weight is 254 g/mol. The lowest BCUT2D eigenvalue weighted by Gasteiger charge is -2.36. The van der Waals surface area contributed by atoms with E-state index in [1.54, 1.807) is 0 Å². The number of hydrogen-bond acceptors (Lipinski definition) is 2. The summed E-state index contributed by atoms with van der Waals surface area (Å²) in [5.41, 5.74) is 0.404. The van der Waals surface area contributed by atoms with Crippen molar-refractivity contribution in [1.82, 2.24) is 8.43 Å². The molecule has 0 aromatic carbocycles. The highest BCUT2D eigenvalue weighted by atomic mass is 127. The molecule has 0 spiro atoms. The predicted molar refractivity (Wildman–Crippen MR) is 52.3 cm³/mol. The van der Waals surface area contributed by atoms with E-state index in [0.717, 1.165) is 0 Å². The van der Waals surface area contributed by atoms with E-state index < -0.39 is 0 Å². The zero-order chi connectivity index (χ0) is 7.61. The van der Waals surface area contributed by atoms with Gasteiger partial charge in [-0.3, -0.25) is 0 Å². The highest BCUT2D eigenvalue weighted by molar-refractivity contribution is 14.1. The smallest absolute Gasteiger partial charge is 0.0201 e. The highest BCUT2D eigenvalue weighted by Crippen LogP contribution is 2.22. The van der Waals surface area contributed by atoms with Gasteiger partial charge in [0.25, 0.3) is 0 Å². The van der Waals surface area contributed by atoms with Gasteiger partial charge in [-0.2, -0.15) is 0 Å². The molecule has 3 heteroatoms. The minimum atomic E-state index is 0.404. The van der Waals surface area contributed by atoms with Gasteiger partial charge in [-0.25, -0.2) is 3.11 Å². The molecule has 0 aromatic heterocycles. The summed E-state index contributed by atoms with van der Waals surface area (Å²) in [6.07, 6.45) is 2.54. The Bertz CT molecular complexity index is 108. The van der Waals surface area contributed by atoms with E-state index in [1.807, 2.05) is 0 Å². The van der Waals surface area contributed by atoms with E-state index in [1.165, 1.54) is 25.9 Å². The lowest BCUT2D eigenvalue weighted by Crippen LogP contribution is -2.47. The largest absolute Gasteiger partial charge is 0.314 e. The molecule has 1 aliphatic heterocycles. The van der Waals surface area contributed by atoms with E-state index in [2.05, 4.69) is 45.3 Å². The van der Waals surface area contributed by atoms with Crippen molar-refractivity contribution in [3.63, 3.8) is 0 Å². The van der Waals surface area contributed by atoms with Gasteiger partial charge in [0.2, 0.25) is 0 Å². The van der Waals surface area contributed by atoms with Crippen molar-refractivity contribution < 1.29 is 0 Å². The maximum atomic E-state index is 3.37. The second kappa shape index (κ2) is 3.36. The molecule has 1 saturated heterocycles. The molecule has 2 nitrogen and oxygen atoms in total. The normalized spacial score (nSPS) is 26.7. The average Bonchev–Trinajstić information content (AvgIpc) is 1.96. The Morgan fingerprint density at radius 1 is 1.40 bits per heavy atom. The first kappa shape index (κ1) is 8.74. The SMILES string of the molecule is CNC1(C)CCN(I)CC1. The van der Waals surface area contributed by atoms with E-state index >= 15 is 0 Å². The monoisotopic (exact) mass is 254 g/mol. The van der Waals surface area contributed by atoms with Crippen molar-refractivity contribution in [1.29, 1.82) is 0 Å². The van der Waals surface area contributed by atoms with Gasteiger partial charge < -0.3 is 5.32 Å². The highest BCUT2D eigenvalue weighted by Gasteiger charge is 2.26. The second-order valence-corrected chi connectivity index (χ2v) is 4.59. The lowest BCUT2D eigenvalue weighted by atomic mass is 9.91. The van der Waals surface area contributed by atoms with Crippen LogP contribution in [0.2, 0.25) is 0 Å². The van der Waals surface area contributed by atoms with Gasteiger partial charge in [-0.1, -0.05) is 0 Å². The van der Waals surface area contributed by atoms with E-state index in [0.29, 0.717) is 5.54 Å². The van der Waals surface area contributed by atoms with Crippen LogP contribution in [0, 0.1) is 0 Å². The maximum absolute atomic E-state index is 3.37. The third kappa shape index (κ3) is 2.07. The molecule has 0 aliphatic carbocycles. The molecule has 1 heterocycles. The molecular formula is C7H15IN2. The molecule has 0 aromatic rings. The zero-order valence-corrected chi connectivity index (χ0v) is 8.81. The second-order valence-electron chi connectivity index (χ2n) is 3.22. The van der Waals surface area contributed by atoms with Crippen molar-refractivity contribution in [2.75, 3.05) is 20.1 Å². The number of nitrogens with one attached hydrogen (secondary N) is 1. The maximum Gasteiger partial charge on any atom is 0.0201 e. The summed E-state index contributed by atoms with van der Waals surface area (Å²) in [7, 11) is 2.06. The van der Waals surface area contributed by atoms with Crippen LogP contribution in [0.15, 0.2) is 0 Å². The molecule has 0 amide bonds. The molecule has 1 rings (SSSR count). The fourth-order valence-corrected chi connectivity index (χ4v) is 1.71. The molecule has 1 N–H and O–H groups in total. The van der Waals surface area contributed by atoms with Gasteiger partial charge in [0.1, 0.15) is 0 Å². The minimum absolute atomic E-state index is 0.404. The fraction of sp³-hybridized carbons (Fsp3) is 1.00. The first-order chi connectivity index (χ1) is 4.66. The summed E-state index contributed by atoms with van der Waals surface area (Å²) >= 11 is 2.40. The first-order valence-corrected chi connectivity index (χ1v) is 4.72. The summed E-state index contributed by atoms with van der Waals surface area (Å²) in [5, 5.41) is 3.37. The van der Waals surface area contributed by atoms with Crippen molar-refractivity contribution >= 4 is 22.9 Å². The van der Waals surface area contributed by atoms with E-state index in [4.69, 9.17) is 0 Å². The first-order valence-electron chi connectivity index (χ1n) is 3.76. The van der Waals surface area contributed by atoms with E-state index in [9.17, 15) is 0 Å². The molecule has 1 fully saturated rings. The molecule has 0 saturated carbocycles. The number of halogens is 1. The third-order valence-electron chi connectivity index (χ3n) is 2.42. The van der Waals surface area contributed by atoms with Crippen molar-refractivity contribution in [2.24, 2.45) is 0 Å². The molecular weight excluding hydrogens is 239 g/mol. The van der Waals surface area contributed by atoms with Crippen molar-refractivity contribution in [3.8, 4) is 0 Å². The van der Waals surface area contributed by atoms with Crippen LogP contribution < -0.4 is 5.32 Å². The van der Waals surface area contributed by atoms with Crippen LogP contribution in [-0.4, -0.2) is 28.8 Å². The quantitative estimate of drug-likeness (QED) is 0.562. The van der Waals surface area contributed by atoms with Crippen LogP contribution >= 0.6 is 22.9 Å². The molecule has 0 unspecified atom stereocenters. The summed E-state index contributed by atoms with van der Waals surface area (Å²) < 4.78 is 2.36. The summed E-state index contributed by atoms with van der Waals surface area (Å²) in [6.45, 7) is 4.74. The Labute approximate surface area is 76.9 Å².